The number of nitriles is 1. The maximum atomic E-state index is 12.2. The van der Waals surface area contributed by atoms with Gasteiger partial charge in [0.1, 0.15) is 17.6 Å². The number of rotatable bonds is 6. The lowest BCUT2D eigenvalue weighted by atomic mass is 9.58. The third kappa shape index (κ3) is 3.41. The first kappa shape index (κ1) is 17.2. The third-order valence-electron chi connectivity index (χ3n) is 4.28. The molecule has 1 saturated carbocycles. The summed E-state index contributed by atoms with van der Waals surface area (Å²) in [6.45, 7) is 3.10. The molecule has 0 spiro atoms. The number of esters is 1. The maximum Gasteiger partial charge on any atom is 0.317 e. The van der Waals surface area contributed by atoms with Crippen LogP contribution in [0.15, 0.2) is 0 Å². The van der Waals surface area contributed by atoms with Crippen LogP contribution in [0.3, 0.4) is 0 Å². The molecule has 0 aliphatic heterocycles. The van der Waals surface area contributed by atoms with E-state index in [1.165, 1.54) is 6.92 Å². The number of carbonyl (C=O) groups is 3. The van der Waals surface area contributed by atoms with E-state index in [1.807, 2.05) is 6.07 Å². The van der Waals surface area contributed by atoms with E-state index in [2.05, 4.69) is 0 Å². The van der Waals surface area contributed by atoms with Crippen LogP contribution in [0.2, 0.25) is 0 Å². The highest BCUT2D eigenvalue weighted by atomic mass is 16.5. The second-order valence-corrected chi connectivity index (χ2v) is 5.55. The molecule has 1 aliphatic rings. The van der Waals surface area contributed by atoms with Crippen molar-refractivity contribution in [3.8, 4) is 6.07 Å². The van der Waals surface area contributed by atoms with Crippen LogP contribution in [0.1, 0.15) is 46.0 Å². The van der Waals surface area contributed by atoms with Gasteiger partial charge in [0, 0.05) is 5.41 Å². The van der Waals surface area contributed by atoms with E-state index in [-0.39, 0.29) is 12.4 Å². The molecule has 1 rings (SSSR count). The van der Waals surface area contributed by atoms with E-state index in [4.69, 9.17) is 10.5 Å². The summed E-state index contributed by atoms with van der Waals surface area (Å²) in [6, 6.07) is 1.91. The van der Waals surface area contributed by atoms with Gasteiger partial charge in [0.2, 0.25) is 5.91 Å². The van der Waals surface area contributed by atoms with Gasteiger partial charge < -0.3 is 10.5 Å². The highest BCUT2D eigenvalue weighted by Crippen LogP contribution is 2.49. The largest absolute Gasteiger partial charge is 0.465 e. The van der Waals surface area contributed by atoms with Crippen molar-refractivity contribution in [2.24, 2.45) is 23.0 Å². The number of Topliss-reactive ketones (excluding diaryl/α,β-unsaturated/α-hetero) is 1. The Labute approximate surface area is 124 Å². The van der Waals surface area contributed by atoms with E-state index in [0.29, 0.717) is 12.8 Å². The number of hydrogen-bond acceptors (Lipinski definition) is 5. The molecule has 116 valence electrons. The van der Waals surface area contributed by atoms with Crippen molar-refractivity contribution in [2.45, 2.75) is 46.0 Å². The lowest BCUT2D eigenvalue weighted by Crippen LogP contribution is -2.50. The summed E-state index contributed by atoms with van der Waals surface area (Å²) in [5.41, 5.74) is 4.32. The summed E-state index contributed by atoms with van der Waals surface area (Å²) in [7, 11) is 0. The summed E-state index contributed by atoms with van der Waals surface area (Å²) in [5, 5.41) is 9.34. The molecule has 1 unspecified atom stereocenters. The Bertz CT molecular complexity index is 461. The fourth-order valence-electron chi connectivity index (χ4n) is 3.46. The van der Waals surface area contributed by atoms with E-state index in [9.17, 15) is 19.6 Å². The lowest BCUT2D eigenvalue weighted by Gasteiger charge is -2.43. The fourth-order valence-corrected chi connectivity index (χ4v) is 3.46. The van der Waals surface area contributed by atoms with Gasteiger partial charge in [-0.2, -0.15) is 5.26 Å². The van der Waals surface area contributed by atoms with Gasteiger partial charge in [0.05, 0.1) is 12.7 Å². The van der Waals surface area contributed by atoms with Crippen molar-refractivity contribution < 1.29 is 19.1 Å². The van der Waals surface area contributed by atoms with Crippen molar-refractivity contribution in [3.05, 3.63) is 0 Å². The first-order chi connectivity index (χ1) is 9.90. The molecule has 6 heteroatoms. The number of amides is 1. The Balaban J connectivity index is 3.32. The zero-order chi connectivity index (χ0) is 16.0. The lowest BCUT2D eigenvalue weighted by molar-refractivity contribution is -0.160. The molecule has 2 N–H and O–H groups in total. The van der Waals surface area contributed by atoms with E-state index in [1.54, 1.807) is 6.92 Å². The number of ketones is 1. The first-order valence-corrected chi connectivity index (χ1v) is 7.26. The van der Waals surface area contributed by atoms with Crippen molar-refractivity contribution >= 4 is 17.7 Å². The monoisotopic (exact) mass is 294 g/mol. The highest BCUT2D eigenvalue weighted by Gasteiger charge is 2.54. The molecular weight excluding hydrogens is 272 g/mol. The minimum atomic E-state index is -1.16. The van der Waals surface area contributed by atoms with Crippen LogP contribution in [0.4, 0.5) is 0 Å². The van der Waals surface area contributed by atoms with E-state index < -0.39 is 29.1 Å². The standard InChI is InChI=1S/C15H22N2O4/c1-3-21-14(20)12(10(2)18)15(7-5-4-6-8-15)11(9-16)13(17)19/h11-12H,3-8H2,1-2H3,(H2,17,19)/t11-,12?/m1/s1. The quantitative estimate of drug-likeness (QED) is 0.587. The van der Waals surface area contributed by atoms with E-state index in [0.717, 1.165) is 19.3 Å². The Morgan fingerprint density at radius 2 is 1.86 bits per heavy atom. The zero-order valence-electron chi connectivity index (χ0n) is 12.6. The van der Waals surface area contributed by atoms with Gasteiger partial charge >= 0.3 is 5.97 Å². The smallest absolute Gasteiger partial charge is 0.317 e. The molecule has 21 heavy (non-hydrogen) atoms. The van der Waals surface area contributed by atoms with Gasteiger partial charge in [-0.25, -0.2) is 0 Å². The van der Waals surface area contributed by atoms with Crippen molar-refractivity contribution in [3.63, 3.8) is 0 Å². The van der Waals surface area contributed by atoms with Crippen LogP contribution in [0.25, 0.3) is 0 Å². The molecule has 0 heterocycles. The number of nitrogens with two attached hydrogens (primary N) is 1. The summed E-state index contributed by atoms with van der Waals surface area (Å²) in [5.74, 6) is -4.08. The number of nitrogens with zero attached hydrogens (tertiary/aromatic N) is 1. The van der Waals surface area contributed by atoms with Gasteiger partial charge in [-0.05, 0) is 26.7 Å². The molecule has 1 aliphatic carbocycles. The zero-order valence-corrected chi connectivity index (χ0v) is 12.6. The van der Waals surface area contributed by atoms with Crippen LogP contribution < -0.4 is 5.73 Å². The predicted molar refractivity (Wildman–Crippen MR) is 74.6 cm³/mol. The van der Waals surface area contributed by atoms with Crippen molar-refractivity contribution in [2.75, 3.05) is 6.61 Å². The van der Waals surface area contributed by atoms with Gasteiger partial charge in [0.25, 0.3) is 0 Å². The minimum Gasteiger partial charge on any atom is -0.465 e. The van der Waals surface area contributed by atoms with Crippen LogP contribution in [-0.4, -0.2) is 24.3 Å². The normalized spacial score (nSPS) is 19.9. The minimum absolute atomic E-state index is 0.145. The molecular formula is C15H22N2O4. The van der Waals surface area contributed by atoms with Crippen LogP contribution in [0.5, 0.6) is 0 Å². The molecule has 0 bridgehead atoms. The Hall–Kier alpha value is -1.90. The molecule has 2 atom stereocenters. The number of carbonyl (C=O) groups excluding carboxylic acids is 3. The van der Waals surface area contributed by atoms with Crippen molar-refractivity contribution in [1.29, 1.82) is 5.26 Å². The predicted octanol–water partition coefficient (Wildman–Crippen LogP) is 1.33. The molecule has 0 radical (unpaired) electrons. The average Bonchev–Trinajstić information content (AvgIpc) is 2.39. The van der Waals surface area contributed by atoms with Gasteiger partial charge in [-0.1, -0.05) is 19.3 Å². The molecule has 0 aromatic heterocycles. The molecule has 1 amide bonds. The maximum absolute atomic E-state index is 12.2. The van der Waals surface area contributed by atoms with Gasteiger partial charge in [0.15, 0.2) is 0 Å². The fraction of sp³-hybridized carbons (Fsp3) is 0.733. The average molecular weight is 294 g/mol. The Kier molecular flexibility index (Phi) is 5.89. The Morgan fingerprint density at radius 3 is 2.24 bits per heavy atom. The summed E-state index contributed by atoms with van der Waals surface area (Å²) < 4.78 is 5.00. The number of hydrogen-bond donors (Lipinski definition) is 1. The van der Waals surface area contributed by atoms with Crippen LogP contribution in [0, 0.1) is 28.6 Å². The summed E-state index contributed by atoms with van der Waals surface area (Å²) in [6.07, 6.45) is 3.38. The topological polar surface area (TPSA) is 110 Å². The van der Waals surface area contributed by atoms with E-state index >= 15 is 0 Å². The Morgan fingerprint density at radius 1 is 1.29 bits per heavy atom. The van der Waals surface area contributed by atoms with Crippen LogP contribution in [-0.2, 0) is 19.1 Å². The van der Waals surface area contributed by atoms with Gasteiger partial charge in [-0.15, -0.1) is 0 Å². The summed E-state index contributed by atoms with van der Waals surface area (Å²) in [4.78, 5) is 36.0. The van der Waals surface area contributed by atoms with Gasteiger partial charge in [-0.3, -0.25) is 14.4 Å². The molecule has 1 fully saturated rings. The molecule has 0 aromatic rings. The molecule has 6 nitrogen and oxygen atoms in total. The van der Waals surface area contributed by atoms with Crippen LogP contribution >= 0.6 is 0 Å². The third-order valence-corrected chi connectivity index (χ3v) is 4.28. The first-order valence-electron chi connectivity index (χ1n) is 7.26. The second kappa shape index (κ2) is 7.21. The van der Waals surface area contributed by atoms with Crippen molar-refractivity contribution in [1.82, 2.24) is 0 Å². The SMILES string of the molecule is CCOC(=O)C(C(C)=O)C1([C@H](C#N)C(N)=O)CCCCC1. The number of ether oxygens (including phenoxy) is 1. The number of primary amides is 1. The molecule has 0 aromatic carbocycles. The molecule has 0 saturated heterocycles. The summed E-state index contributed by atoms with van der Waals surface area (Å²) >= 11 is 0. The second-order valence-electron chi connectivity index (χ2n) is 5.55. The highest BCUT2D eigenvalue weighted by molar-refractivity contribution is 5.99.